The van der Waals surface area contributed by atoms with Crippen LogP contribution in [0.3, 0.4) is 0 Å². The van der Waals surface area contributed by atoms with Gasteiger partial charge in [0, 0.05) is 10.3 Å². The lowest BCUT2D eigenvalue weighted by atomic mass is 10.1. The van der Waals surface area contributed by atoms with Gasteiger partial charge in [0.05, 0.1) is 25.9 Å². The summed E-state index contributed by atoms with van der Waals surface area (Å²) in [5.74, 6) is -0.273. The third-order valence-corrected chi connectivity index (χ3v) is 3.31. The highest BCUT2D eigenvalue weighted by molar-refractivity contribution is 7.11. The van der Waals surface area contributed by atoms with Crippen LogP contribution < -0.4 is 0 Å². The predicted octanol–water partition coefficient (Wildman–Crippen LogP) is 2.34. The van der Waals surface area contributed by atoms with Crippen molar-refractivity contribution in [2.45, 2.75) is 6.42 Å². The molecule has 0 aromatic carbocycles. The van der Waals surface area contributed by atoms with Crippen LogP contribution in [0.4, 0.5) is 0 Å². The number of ether oxygens (including phenoxy) is 2. The van der Waals surface area contributed by atoms with Gasteiger partial charge in [0.2, 0.25) is 0 Å². The normalized spacial score (nSPS) is 15.9. The monoisotopic (exact) mass is 224 g/mol. The van der Waals surface area contributed by atoms with Gasteiger partial charge in [-0.3, -0.25) is 0 Å². The van der Waals surface area contributed by atoms with Crippen LogP contribution in [0.5, 0.6) is 0 Å². The Balaban J connectivity index is 2.19. The van der Waals surface area contributed by atoms with Gasteiger partial charge in [-0.25, -0.2) is 4.79 Å². The Morgan fingerprint density at radius 3 is 3.13 bits per heavy atom. The Morgan fingerprint density at radius 2 is 2.47 bits per heavy atom. The fourth-order valence-corrected chi connectivity index (χ4v) is 2.43. The summed E-state index contributed by atoms with van der Waals surface area (Å²) in [6.07, 6.45) is 2.98. The van der Waals surface area contributed by atoms with E-state index in [4.69, 9.17) is 4.74 Å². The van der Waals surface area contributed by atoms with Gasteiger partial charge < -0.3 is 9.47 Å². The molecule has 2 rings (SSSR count). The lowest BCUT2D eigenvalue weighted by Crippen LogP contribution is -2.03. The van der Waals surface area contributed by atoms with Crippen molar-refractivity contribution in [1.82, 2.24) is 0 Å². The third-order valence-electron chi connectivity index (χ3n) is 2.30. The minimum Gasteiger partial charge on any atom is -0.465 e. The van der Waals surface area contributed by atoms with Crippen LogP contribution in [0.15, 0.2) is 17.5 Å². The maximum atomic E-state index is 11.2. The van der Waals surface area contributed by atoms with Crippen LogP contribution in [-0.4, -0.2) is 26.3 Å². The summed E-state index contributed by atoms with van der Waals surface area (Å²) in [5.41, 5.74) is 1.89. The smallest absolute Gasteiger partial charge is 0.338 e. The summed E-state index contributed by atoms with van der Waals surface area (Å²) in [7, 11) is 1.40. The number of esters is 1. The van der Waals surface area contributed by atoms with E-state index >= 15 is 0 Å². The molecule has 0 fully saturated rings. The molecule has 0 radical (unpaired) electrons. The number of carbonyl (C=O) groups excluding carboxylic acids is 1. The van der Waals surface area contributed by atoms with E-state index in [0.29, 0.717) is 12.2 Å². The van der Waals surface area contributed by atoms with Gasteiger partial charge in [-0.1, -0.05) is 6.08 Å². The molecule has 0 unspecified atom stereocenters. The van der Waals surface area contributed by atoms with Crippen LogP contribution in [-0.2, 0) is 9.47 Å². The highest BCUT2D eigenvalue weighted by Crippen LogP contribution is 2.27. The number of thiophene rings is 1. The standard InChI is InChI=1S/C11H12O3S/c1-13-11(12)9-6-10(15-7-9)8-2-4-14-5-3-8/h2,6-7H,3-5H2,1H3. The van der Waals surface area contributed by atoms with Crippen molar-refractivity contribution in [3.8, 4) is 0 Å². The molecule has 1 aromatic rings. The first kappa shape index (κ1) is 10.4. The summed E-state index contributed by atoms with van der Waals surface area (Å²) in [5, 5.41) is 1.83. The summed E-state index contributed by atoms with van der Waals surface area (Å²) < 4.78 is 9.89. The molecule has 80 valence electrons. The molecule has 0 saturated heterocycles. The highest BCUT2D eigenvalue weighted by atomic mass is 32.1. The Morgan fingerprint density at radius 1 is 1.60 bits per heavy atom. The molecule has 15 heavy (non-hydrogen) atoms. The zero-order valence-electron chi connectivity index (χ0n) is 8.49. The molecule has 3 nitrogen and oxygen atoms in total. The fraction of sp³-hybridized carbons (Fsp3) is 0.364. The van der Waals surface area contributed by atoms with Crippen molar-refractivity contribution in [3.05, 3.63) is 28.0 Å². The Bertz CT molecular complexity index is 392. The molecule has 0 amide bonds. The molecule has 0 bridgehead atoms. The lowest BCUT2D eigenvalue weighted by molar-refractivity contribution is 0.0601. The molecular formula is C11H12O3S. The fourth-order valence-electron chi connectivity index (χ4n) is 1.48. The second-order valence-electron chi connectivity index (χ2n) is 3.25. The maximum absolute atomic E-state index is 11.2. The van der Waals surface area contributed by atoms with Crippen molar-refractivity contribution in [1.29, 1.82) is 0 Å². The summed E-state index contributed by atoms with van der Waals surface area (Å²) in [6.45, 7) is 1.43. The quantitative estimate of drug-likeness (QED) is 0.723. The van der Waals surface area contributed by atoms with Gasteiger partial charge in [-0.2, -0.15) is 0 Å². The van der Waals surface area contributed by atoms with Crippen molar-refractivity contribution >= 4 is 22.9 Å². The molecule has 1 aliphatic heterocycles. The second kappa shape index (κ2) is 4.59. The molecule has 0 aliphatic carbocycles. The van der Waals surface area contributed by atoms with E-state index in [0.717, 1.165) is 17.9 Å². The third kappa shape index (κ3) is 2.27. The van der Waals surface area contributed by atoms with Crippen LogP contribution in [0.2, 0.25) is 0 Å². The largest absolute Gasteiger partial charge is 0.465 e. The van der Waals surface area contributed by atoms with E-state index < -0.39 is 0 Å². The van der Waals surface area contributed by atoms with Gasteiger partial charge in [0.15, 0.2) is 0 Å². The molecule has 0 atom stereocenters. The van der Waals surface area contributed by atoms with E-state index in [9.17, 15) is 4.79 Å². The zero-order chi connectivity index (χ0) is 10.7. The first-order valence-corrected chi connectivity index (χ1v) is 5.63. The summed E-state index contributed by atoms with van der Waals surface area (Å²) in [6, 6.07) is 1.88. The van der Waals surface area contributed by atoms with Gasteiger partial charge in [-0.15, -0.1) is 11.3 Å². The van der Waals surface area contributed by atoms with Crippen LogP contribution >= 0.6 is 11.3 Å². The number of carbonyl (C=O) groups is 1. The van der Waals surface area contributed by atoms with Gasteiger partial charge in [-0.05, 0) is 18.1 Å². The van der Waals surface area contributed by atoms with Crippen LogP contribution in [0.25, 0.3) is 5.57 Å². The molecule has 1 aliphatic rings. The zero-order valence-corrected chi connectivity index (χ0v) is 9.30. The van der Waals surface area contributed by atoms with E-state index in [1.54, 1.807) is 11.3 Å². The number of hydrogen-bond acceptors (Lipinski definition) is 4. The topological polar surface area (TPSA) is 35.5 Å². The molecular weight excluding hydrogens is 212 g/mol. The predicted molar refractivity (Wildman–Crippen MR) is 59.1 cm³/mol. The van der Waals surface area contributed by atoms with Crippen molar-refractivity contribution in [2.75, 3.05) is 20.3 Å². The van der Waals surface area contributed by atoms with Crippen molar-refractivity contribution < 1.29 is 14.3 Å². The van der Waals surface area contributed by atoms with Crippen LogP contribution in [0.1, 0.15) is 21.7 Å². The SMILES string of the molecule is COC(=O)c1csc(C2=CCOCC2)c1. The average molecular weight is 224 g/mol. The molecule has 4 heteroatoms. The number of methoxy groups -OCH3 is 1. The number of hydrogen-bond donors (Lipinski definition) is 0. The number of rotatable bonds is 2. The van der Waals surface area contributed by atoms with E-state index in [-0.39, 0.29) is 5.97 Å². The molecule has 1 aromatic heterocycles. The molecule has 0 N–H and O–H groups in total. The second-order valence-corrected chi connectivity index (χ2v) is 4.16. The maximum Gasteiger partial charge on any atom is 0.338 e. The van der Waals surface area contributed by atoms with Crippen molar-refractivity contribution in [2.24, 2.45) is 0 Å². The highest BCUT2D eigenvalue weighted by Gasteiger charge is 2.12. The van der Waals surface area contributed by atoms with E-state index in [1.165, 1.54) is 12.7 Å². The van der Waals surface area contributed by atoms with Gasteiger partial charge in [0.25, 0.3) is 0 Å². The first-order valence-electron chi connectivity index (χ1n) is 4.75. The van der Waals surface area contributed by atoms with E-state index in [1.807, 2.05) is 11.4 Å². The Labute approximate surface area is 92.3 Å². The summed E-state index contributed by atoms with van der Waals surface area (Å²) >= 11 is 1.58. The molecule has 0 spiro atoms. The van der Waals surface area contributed by atoms with E-state index in [2.05, 4.69) is 10.8 Å². The minimum atomic E-state index is -0.273. The minimum absolute atomic E-state index is 0.273. The van der Waals surface area contributed by atoms with Crippen molar-refractivity contribution in [3.63, 3.8) is 0 Å². The molecule has 2 heterocycles. The van der Waals surface area contributed by atoms with Gasteiger partial charge >= 0.3 is 5.97 Å². The van der Waals surface area contributed by atoms with Gasteiger partial charge in [0.1, 0.15) is 0 Å². The molecule has 0 saturated carbocycles. The summed E-state index contributed by atoms with van der Waals surface area (Å²) in [4.78, 5) is 12.4. The first-order chi connectivity index (χ1) is 7.31. The average Bonchev–Trinajstić information content (AvgIpc) is 2.78. The van der Waals surface area contributed by atoms with Crippen LogP contribution in [0, 0.1) is 0 Å². The lowest BCUT2D eigenvalue weighted by Gasteiger charge is -2.11. The Kier molecular flexibility index (Phi) is 3.18. The Hall–Kier alpha value is -1.13.